The van der Waals surface area contributed by atoms with Gasteiger partial charge in [-0.25, -0.2) is 8.78 Å². The van der Waals surface area contributed by atoms with Crippen LogP contribution in [0.25, 0.3) is 0 Å². The molecule has 6 nitrogen and oxygen atoms in total. The molecule has 3 N–H and O–H groups in total. The quantitative estimate of drug-likeness (QED) is 0.187. The number of carbonyl (C=O) groups is 2. The maximum Gasteiger partial charge on any atom is 0.253 e. The van der Waals surface area contributed by atoms with Crippen LogP contribution >= 0.6 is 0 Å². The van der Waals surface area contributed by atoms with Crippen molar-refractivity contribution in [1.82, 2.24) is 15.5 Å². The maximum atomic E-state index is 13.9. The van der Waals surface area contributed by atoms with Crippen molar-refractivity contribution in [3.63, 3.8) is 0 Å². The molecule has 226 valence electrons. The fraction of sp³-hybridized carbons (Fsp3) is 0.412. The molecule has 0 aliphatic heterocycles. The lowest BCUT2D eigenvalue weighted by Gasteiger charge is -2.24. The fourth-order valence-electron chi connectivity index (χ4n) is 5.01. The van der Waals surface area contributed by atoms with Crippen molar-refractivity contribution in [2.75, 3.05) is 32.7 Å². The lowest BCUT2D eigenvalue weighted by atomic mass is 9.93. The molecule has 8 heteroatoms. The SMILES string of the molecule is CCCN(CCC)C(=O)c1cccc(C(=O)NC[C@H](Cc2cc(F)cc(F)c2)[C@@H](O)CNCCCc2ccccc2)c1. The Labute approximate surface area is 248 Å². The van der Waals surface area contributed by atoms with E-state index in [0.717, 1.165) is 31.7 Å². The second-order valence-electron chi connectivity index (χ2n) is 10.7. The summed E-state index contributed by atoms with van der Waals surface area (Å²) in [5.41, 5.74) is 2.41. The Bertz CT molecular complexity index is 1250. The van der Waals surface area contributed by atoms with Gasteiger partial charge in [0.2, 0.25) is 0 Å². The predicted octanol–water partition coefficient (Wildman–Crippen LogP) is 5.40. The summed E-state index contributed by atoms with van der Waals surface area (Å²) in [7, 11) is 0. The van der Waals surface area contributed by atoms with Crippen LogP contribution in [0.2, 0.25) is 0 Å². The van der Waals surface area contributed by atoms with Gasteiger partial charge in [-0.3, -0.25) is 9.59 Å². The largest absolute Gasteiger partial charge is 0.391 e. The van der Waals surface area contributed by atoms with Crippen molar-refractivity contribution in [3.8, 4) is 0 Å². The summed E-state index contributed by atoms with van der Waals surface area (Å²) < 4.78 is 27.8. The number of carbonyl (C=O) groups excluding carboxylic acids is 2. The Morgan fingerprint density at radius 2 is 1.50 bits per heavy atom. The third-order valence-corrected chi connectivity index (χ3v) is 7.15. The van der Waals surface area contributed by atoms with Crippen molar-refractivity contribution in [2.45, 2.75) is 52.1 Å². The summed E-state index contributed by atoms with van der Waals surface area (Å²) in [6, 6.07) is 20.0. The topological polar surface area (TPSA) is 81.7 Å². The molecule has 3 rings (SSSR count). The van der Waals surface area contributed by atoms with Crippen molar-refractivity contribution in [1.29, 1.82) is 0 Å². The van der Waals surface area contributed by atoms with Crippen LogP contribution < -0.4 is 10.6 Å². The molecule has 0 fully saturated rings. The summed E-state index contributed by atoms with van der Waals surface area (Å²) in [4.78, 5) is 27.9. The summed E-state index contributed by atoms with van der Waals surface area (Å²) >= 11 is 0. The van der Waals surface area contributed by atoms with Crippen molar-refractivity contribution >= 4 is 11.8 Å². The van der Waals surface area contributed by atoms with Crippen LogP contribution in [0, 0.1) is 17.6 Å². The number of hydrogen-bond acceptors (Lipinski definition) is 4. The van der Waals surface area contributed by atoms with Gasteiger partial charge in [0.1, 0.15) is 11.6 Å². The zero-order valence-electron chi connectivity index (χ0n) is 24.6. The van der Waals surface area contributed by atoms with E-state index < -0.39 is 23.7 Å². The van der Waals surface area contributed by atoms with Gasteiger partial charge in [-0.05, 0) is 80.1 Å². The number of benzene rings is 3. The van der Waals surface area contributed by atoms with E-state index >= 15 is 0 Å². The molecule has 0 aliphatic rings. The fourth-order valence-corrected chi connectivity index (χ4v) is 5.01. The van der Waals surface area contributed by atoms with Crippen molar-refractivity contribution in [2.24, 2.45) is 5.92 Å². The first-order chi connectivity index (χ1) is 20.3. The molecule has 0 spiro atoms. The van der Waals surface area contributed by atoms with E-state index in [-0.39, 0.29) is 31.3 Å². The highest BCUT2D eigenvalue weighted by Crippen LogP contribution is 2.17. The molecular weight excluding hydrogens is 536 g/mol. The third kappa shape index (κ3) is 10.7. The second-order valence-corrected chi connectivity index (χ2v) is 10.7. The number of hydrogen-bond donors (Lipinski definition) is 3. The average Bonchev–Trinajstić information content (AvgIpc) is 2.98. The third-order valence-electron chi connectivity index (χ3n) is 7.15. The van der Waals surface area contributed by atoms with E-state index in [1.54, 1.807) is 29.2 Å². The molecular formula is C34H43F2N3O3. The van der Waals surface area contributed by atoms with Crippen LogP contribution in [-0.4, -0.2) is 60.6 Å². The van der Waals surface area contributed by atoms with Crippen LogP contribution in [0.5, 0.6) is 0 Å². The molecule has 3 aromatic carbocycles. The molecule has 0 bridgehead atoms. The van der Waals surface area contributed by atoms with Gasteiger partial charge in [0.05, 0.1) is 6.10 Å². The molecule has 0 radical (unpaired) electrons. The number of aliphatic hydroxyl groups excluding tert-OH is 1. The first kappa shape index (κ1) is 32.9. The summed E-state index contributed by atoms with van der Waals surface area (Å²) in [5.74, 6) is -2.40. The second kappa shape index (κ2) is 17.4. The molecule has 0 heterocycles. The van der Waals surface area contributed by atoms with Gasteiger partial charge < -0.3 is 20.6 Å². The predicted molar refractivity (Wildman–Crippen MR) is 162 cm³/mol. The Balaban J connectivity index is 1.63. The number of aliphatic hydroxyl groups is 1. The molecule has 0 saturated carbocycles. The van der Waals surface area contributed by atoms with Crippen LogP contribution in [0.3, 0.4) is 0 Å². The van der Waals surface area contributed by atoms with Crippen LogP contribution in [0.1, 0.15) is 65.0 Å². The molecule has 0 aromatic heterocycles. The number of rotatable bonds is 17. The highest BCUT2D eigenvalue weighted by molar-refractivity contribution is 5.99. The first-order valence-corrected chi connectivity index (χ1v) is 14.9. The molecule has 0 saturated heterocycles. The molecule has 2 amide bonds. The summed E-state index contributed by atoms with van der Waals surface area (Å²) in [6.07, 6.45) is 2.76. The Morgan fingerprint density at radius 1 is 0.833 bits per heavy atom. The number of aryl methyl sites for hydroxylation is 1. The zero-order valence-corrected chi connectivity index (χ0v) is 24.6. The average molecular weight is 580 g/mol. The molecule has 42 heavy (non-hydrogen) atoms. The molecule has 3 aromatic rings. The van der Waals surface area contributed by atoms with Crippen LogP contribution in [0.15, 0.2) is 72.8 Å². The normalized spacial score (nSPS) is 12.5. The minimum Gasteiger partial charge on any atom is -0.391 e. The number of nitrogens with one attached hydrogen (secondary N) is 2. The van der Waals surface area contributed by atoms with Gasteiger partial charge in [-0.1, -0.05) is 50.2 Å². The van der Waals surface area contributed by atoms with Gasteiger partial charge in [0.25, 0.3) is 11.8 Å². The standard InChI is InChI=1S/C34H43F2N3O3/c1-3-16-39(17-4-2)34(42)28-14-8-13-27(21-28)33(41)38-23-29(18-26-19-30(35)22-31(36)20-26)32(40)24-37-15-9-12-25-10-6-5-7-11-25/h5-8,10-11,13-14,19-22,29,32,37,40H,3-4,9,12,15-18,23-24H2,1-2H3,(H,38,41)/t29-,32-/m0/s1. The minimum absolute atomic E-state index is 0.0831. The molecule has 0 aliphatic carbocycles. The van der Waals surface area contributed by atoms with Gasteiger partial charge in [-0.15, -0.1) is 0 Å². The van der Waals surface area contributed by atoms with Gasteiger partial charge in [-0.2, -0.15) is 0 Å². The Morgan fingerprint density at radius 3 is 2.17 bits per heavy atom. The number of nitrogens with zero attached hydrogens (tertiary/aromatic N) is 1. The van der Waals surface area contributed by atoms with Crippen molar-refractivity contribution in [3.05, 3.63) is 107 Å². The van der Waals surface area contributed by atoms with Gasteiger partial charge >= 0.3 is 0 Å². The van der Waals surface area contributed by atoms with E-state index in [1.165, 1.54) is 17.7 Å². The Kier molecular flexibility index (Phi) is 13.6. The van der Waals surface area contributed by atoms with E-state index in [4.69, 9.17) is 0 Å². The van der Waals surface area contributed by atoms with E-state index in [1.807, 2.05) is 32.0 Å². The smallest absolute Gasteiger partial charge is 0.253 e. The first-order valence-electron chi connectivity index (χ1n) is 14.9. The minimum atomic E-state index is -0.877. The lowest BCUT2D eigenvalue weighted by Crippen LogP contribution is -2.41. The van der Waals surface area contributed by atoms with E-state index in [0.29, 0.717) is 36.3 Å². The number of amides is 2. The van der Waals surface area contributed by atoms with Gasteiger partial charge in [0.15, 0.2) is 0 Å². The lowest BCUT2D eigenvalue weighted by molar-refractivity contribution is 0.0755. The van der Waals surface area contributed by atoms with E-state index in [2.05, 4.69) is 22.8 Å². The maximum absolute atomic E-state index is 13.9. The summed E-state index contributed by atoms with van der Waals surface area (Å²) in [6.45, 7) is 6.36. The molecule has 2 atom stereocenters. The highest BCUT2D eigenvalue weighted by atomic mass is 19.1. The number of halogens is 2. The van der Waals surface area contributed by atoms with Crippen LogP contribution in [0.4, 0.5) is 8.78 Å². The van der Waals surface area contributed by atoms with Gasteiger partial charge in [0, 0.05) is 49.3 Å². The highest BCUT2D eigenvalue weighted by Gasteiger charge is 2.22. The Hall–Kier alpha value is -3.62. The summed E-state index contributed by atoms with van der Waals surface area (Å²) in [5, 5.41) is 17.2. The zero-order chi connectivity index (χ0) is 30.3. The van der Waals surface area contributed by atoms with Crippen LogP contribution in [-0.2, 0) is 12.8 Å². The van der Waals surface area contributed by atoms with E-state index in [9.17, 15) is 23.5 Å². The monoisotopic (exact) mass is 579 g/mol. The van der Waals surface area contributed by atoms with Crippen molar-refractivity contribution < 1.29 is 23.5 Å². The molecule has 0 unspecified atom stereocenters.